The molecular weight excluding hydrogens is 236 g/mol. The van der Waals surface area contributed by atoms with Crippen molar-refractivity contribution in [1.82, 2.24) is 15.3 Å². The maximum Gasteiger partial charge on any atom is 0.147 e. The number of hydrogen-bond donors (Lipinski definition) is 1. The van der Waals surface area contributed by atoms with Crippen LogP contribution in [-0.4, -0.2) is 29.6 Å². The second-order valence-electron chi connectivity index (χ2n) is 5.94. The third-order valence-electron chi connectivity index (χ3n) is 3.78. The molecule has 0 radical (unpaired) electrons. The van der Waals surface area contributed by atoms with Crippen molar-refractivity contribution in [3.63, 3.8) is 0 Å². The highest BCUT2D eigenvalue weighted by atomic mass is 15.2. The lowest BCUT2D eigenvalue weighted by Gasteiger charge is -2.25. The van der Waals surface area contributed by atoms with Crippen molar-refractivity contribution >= 4 is 5.82 Å². The molecule has 1 N–H and O–H groups in total. The van der Waals surface area contributed by atoms with Crippen LogP contribution in [0, 0.1) is 5.92 Å². The van der Waals surface area contributed by atoms with E-state index in [9.17, 15) is 0 Å². The van der Waals surface area contributed by atoms with Crippen molar-refractivity contribution in [1.29, 1.82) is 0 Å². The fraction of sp³-hybridized carbons (Fsp3) is 0.733. The lowest BCUT2D eigenvalue weighted by atomic mass is 10.2. The molecule has 0 atom stereocenters. The van der Waals surface area contributed by atoms with Crippen molar-refractivity contribution in [3.8, 4) is 0 Å². The minimum atomic E-state index is 0.652. The fourth-order valence-corrected chi connectivity index (χ4v) is 2.59. The van der Waals surface area contributed by atoms with Crippen molar-refractivity contribution in [2.24, 2.45) is 5.92 Å². The highest BCUT2D eigenvalue weighted by molar-refractivity contribution is 5.36. The molecule has 4 heteroatoms. The summed E-state index contributed by atoms with van der Waals surface area (Å²) in [6.07, 6.45) is 9.07. The Morgan fingerprint density at radius 1 is 1.26 bits per heavy atom. The van der Waals surface area contributed by atoms with E-state index in [0.29, 0.717) is 12.0 Å². The standard InChI is InChI=1S/C15H26N4/c1-12(2)8-16-9-13-10-18-15(11-17-13)19(3)14-6-4-5-7-14/h10-12,14,16H,4-9H2,1-3H3. The highest BCUT2D eigenvalue weighted by Gasteiger charge is 2.20. The summed E-state index contributed by atoms with van der Waals surface area (Å²) in [7, 11) is 2.14. The Kier molecular flexibility index (Phi) is 5.14. The van der Waals surface area contributed by atoms with Crippen LogP contribution in [0.4, 0.5) is 5.82 Å². The van der Waals surface area contributed by atoms with Crippen molar-refractivity contribution in [2.45, 2.75) is 52.1 Å². The first-order valence-corrected chi connectivity index (χ1v) is 7.41. The quantitative estimate of drug-likeness (QED) is 0.855. The van der Waals surface area contributed by atoms with Gasteiger partial charge in [0.25, 0.3) is 0 Å². The molecule has 1 heterocycles. The van der Waals surface area contributed by atoms with Gasteiger partial charge in [-0.05, 0) is 25.3 Å². The normalized spacial score (nSPS) is 16.2. The Hall–Kier alpha value is -1.16. The van der Waals surface area contributed by atoms with E-state index in [2.05, 4.69) is 41.1 Å². The summed E-state index contributed by atoms with van der Waals surface area (Å²) >= 11 is 0. The molecule has 1 aliphatic carbocycles. The van der Waals surface area contributed by atoms with Crippen molar-refractivity contribution < 1.29 is 0 Å². The van der Waals surface area contributed by atoms with E-state index in [1.807, 2.05) is 12.4 Å². The van der Waals surface area contributed by atoms with Gasteiger partial charge in [0.1, 0.15) is 5.82 Å². The van der Waals surface area contributed by atoms with E-state index in [0.717, 1.165) is 24.6 Å². The molecule has 0 unspecified atom stereocenters. The Balaban J connectivity index is 1.86. The lowest BCUT2D eigenvalue weighted by molar-refractivity contribution is 0.547. The topological polar surface area (TPSA) is 41.1 Å². The second-order valence-corrected chi connectivity index (χ2v) is 5.94. The monoisotopic (exact) mass is 262 g/mol. The van der Waals surface area contributed by atoms with Gasteiger partial charge in [-0.1, -0.05) is 26.7 Å². The molecule has 19 heavy (non-hydrogen) atoms. The van der Waals surface area contributed by atoms with Gasteiger partial charge >= 0.3 is 0 Å². The summed E-state index contributed by atoms with van der Waals surface area (Å²) in [4.78, 5) is 11.3. The van der Waals surface area contributed by atoms with Crippen molar-refractivity contribution in [3.05, 3.63) is 18.1 Å². The lowest BCUT2D eigenvalue weighted by Crippen LogP contribution is -2.29. The smallest absolute Gasteiger partial charge is 0.147 e. The molecule has 0 amide bonds. The molecule has 4 nitrogen and oxygen atoms in total. The summed E-state index contributed by atoms with van der Waals surface area (Å²) in [5, 5.41) is 3.39. The van der Waals surface area contributed by atoms with Crippen molar-refractivity contribution in [2.75, 3.05) is 18.5 Å². The Labute approximate surface area is 116 Å². The molecule has 1 saturated carbocycles. The predicted octanol–water partition coefficient (Wildman–Crippen LogP) is 2.60. The first-order chi connectivity index (χ1) is 9.16. The first kappa shape index (κ1) is 14.3. The molecule has 0 aliphatic heterocycles. The molecule has 106 valence electrons. The molecule has 0 bridgehead atoms. The van der Waals surface area contributed by atoms with E-state index < -0.39 is 0 Å². The van der Waals surface area contributed by atoms with Gasteiger partial charge in [-0.3, -0.25) is 4.98 Å². The van der Waals surface area contributed by atoms with Gasteiger partial charge < -0.3 is 10.2 Å². The minimum Gasteiger partial charge on any atom is -0.355 e. The van der Waals surface area contributed by atoms with E-state index >= 15 is 0 Å². The molecule has 1 aromatic rings. The SMILES string of the molecule is CC(C)CNCc1cnc(N(C)C2CCCC2)cn1. The molecule has 0 aromatic carbocycles. The van der Waals surface area contributed by atoms with Crippen LogP contribution < -0.4 is 10.2 Å². The number of aromatic nitrogens is 2. The number of nitrogens with zero attached hydrogens (tertiary/aromatic N) is 3. The highest BCUT2D eigenvalue weighted by Crippen LogP contribution is 2.25. The molecule has 1 fully saturated rings. The van der Waals surface area contributed by atoms with Crippen LogP contribution in [0.1, 0.15) is 45.2 Å². The average Bonchev–Trinajstić information content (AvgIpc) is 2.92. The summed E-state index contributed by atoms with van der Waals surface area (Å²) in [5.41, 5.74) is 1.02. The van der Waals surface area contributed by atoms with E-state index in [-0.39, 0.29) is 0 Å². The van der Waals surface area contributed by atoms with Gasteiger partial charge in [0.15, 0.2) is 0 Å². The third kappa shape index (κ3) is 4.16. The number of anilines is 1. The van der Waals surface area contributed by atoms with E-state index in [1.165, 1.54) is 25.7 Å². The van der Waals surface area contributed by atoms with Crippen LogP contribution in [0.5, 0.6) is 0 Å². The zero-order valence-corrected chi connectivity index (χ0v) is 12.4. The third-order valence-corrected chi connectivity index (χ3v) is 3.78. The van der Waals surface area contributed by atoms with Crippen LogP contribution in [0.3, 0.4) is 0 Å². The zero-order valence-electron chi connectivity index (χ0n) is 12.4. The van der Waals surface area contributed by atoms with Crippen LogP contribution in [0.25, 0.3) is 0 Å². The molecular formula is C15H26N4. The van der Waals surface area contributed by atoms with E-state index in [1.54, 1.807) is 0 Å². The van der Waals surface area contributed by atoms with Crippen LogP contribution in [0.15, 0.2) is 12.4 Å². The van der Waals surface area contributed by atoms with Crippen LogP contribution in [0.2, 0.25) is 0 Å². The molecule has 0 spiro atoms. The Morgan fingerprint density at radius 2 is 2.00 bits per heavy atom. The summed E-state index contributed by atoms with van der Waals surface area (Å²) in [6, 6.07) is 0.652. The fourth-order valence-electron chi connectivity index (χ4n) is 2.59. The maximum atomic E-state index is 4.54. The summed E-state index contributed by atoms with van der Waals surface area (Å²) in [6.45, 7) is 6.24. The van der Waals surface area contributed by atoms with Gasteiger partial charge in [-0.25, -0.2) is 4.98 Å². The first-order valence-electron chi connectivity index (χ1n) is 7.41. The van der Waals surface area contributed by atoms with Gasteiger partial charge in [0, 0.05) is 19.6 Å². The summed E-state index contributed by atoms with van der Waals surface area (Å²) in [5.74, 6) is 1.67. The molecule has 1 aromatic heterocycles. The van der Waals surface area contributed by atoms with Gasteiger partial charge in [-0.2, -0.15) is 0 Å². The zero-order chi connectivity index (χ0) is 13.7. The maximum absolute atomic E-state index is 4.54. The molecule has 1 aliphatic rings. The Morgan fingerprint density at radius 3 is 2.58 bits per heavy atom. The minimum absolute atomic E-state index is 0.652. The number of hydrogen-bond acceptors (Lipinski definition) is 4. The predicted molar refractivity (Wildman–Crippen MR) is 79.2 cm³/mol. The largest absolute Gasteiger partial charge is 0.355 e. The number of rotatable bonds is 6. The van der Waals surface area contributed by atoms with Gasteiger partial charge in [-0.15, -0.1) is 0 Å². The van der Waals surface area contributed by atoms with Crippen LogP contribution in [-0.2, 0) is 6.54 Å². The molecule has 0 saturated heterocycles. The van der Waals surface area contributed by atoms with Crippen LogP contribution >= 0.6 is 0 Å². The Bertz CT molecular complexity index is 368. The average molecular weight is 262 g/mol. The second kappa shape index (κ2) is 6.85. The number of nitrogens with one attached hydrogen (secondary N) is 1. The summed E-state index contributed by atoms with van der Waals surface area (Å²) < 4.78 is 0. The van der Waals surface area contributed by atoms with Gasteiger partial charge in [0.2, 0.25) is 0 Å². The van der Waals surface area contributed by atoms with Gasteiger partial charge in [0.05, 0.1) is 18.1 Å². The molecule has 2 rings (SSSR count). The van der Waals surface area contributed by atoms with E-state index in [4.69, 9.17) is 0 Å².